The molecule has 1 aromatic carbocycles. The quantitative estimate of drug-likeness (QED) is 0.113. The van der Waals surface area contributed by atoms with E-state index in [0.29, 0.717) is 23.8 Å². The third-order valence-electron chi connectivity index (χ3n) is 9.73. The molecule has 0 radical (unpaired) electrons. The second-order valence-electron chi connectivity index (χ2n) is 16.7. The van der Waals surface area contributed by atoms with Gasteiger partial charge in [0.15, 0.2) is 0 Å². The predicted octanol–water partition coefficient (Wildman–Crippen LogP) is 1.91. The zero-order valence-corrected chi connectivity index (χ0v) is 34.4. The molecule has 1 aromatic heterocycles. The second-order valence-corrected chi connectivity index (χ2v) is 16.7. The van der Waals surface area contributed by atoms with Crippen LogP contribution in [0.25, 0.3) is 11.0 Å². The lowest BCUT2D eigenvalue weighted by Crippen LogP contribution is -2.61. The van der Waals surface area contributed by atoms with Crippen molar-refractivity contribution in [2.45, 2.75) is 118 Å². The van der Waals surface area contributed by atoms with Gasteiger partial charge in [0, 0.05) is 36.7 Å². The Morgan fingerprint density at radius 3 is 1.93 bits per heavy atom. The summed E-state index contributed by atoms with van der Waals surface area (Å²) in [6.07, 6.45) is -0.854. The molecule has 0 spiro atoms. The summed E-state index contributed by atoms with van der Waals surface area (Å²) in [5.41, 5.74) is 0.0596. The van der Waals surface area contributed by atoms with Crippen LogP contribution in [-0.2, 0) is 38.4 Å². The number of hydrogen-bond donors (Lipinski definition) is 7. The molecular formula is C40H56N6O12. The minimum Gasteiger partial charge on any atom is -0.481 e. The molecule has 18 heteroatoms. The third kappa shape index (κ3) is 12.9. The average Bonchev–Trinajstić information content (AvgIpc) is 3.49. The molecule has 7 N–H and O–H groups in total. The van der Waals surface area contributed by atoms with Gasteiger partial charge in [0.1, 0.15) is 35.8 Å². The van der Waals surface area contributed by atoms with E-state index in [4.69, 9.17) is 4.42 Å². The van der Waals surface area contributed by atoms with Gasteiger partial charge in [0.25, 0.3) is 0 Å². The van der Waals surface area contributed by atoms with Gasteiger partial charge in [0.05, 0.1) is 12.8 Å². The maximum Gasteiger partial charge on any atom is 0.336 e. The minimum absolute atomic E-state index is 0.0658. The lowest BCUT2D eigenvalue weighted by molar-refractivity contribution is -0.146. The largest absolute Gasteiger partial charge is 0.481 e. The number of likely N-dealkylation sites (tertiary alicyclic amines) is 1. The topological polar surface area (TPSA) is 271 Å². The Kier molecular flexibility index (Phi) is 15.7. The molecule has 0 saturated carbocycles. The molecule has 58 heavy (non-hydrogen) atoms. The van der Waals surface area contributed by atoms with Gasteiger partial charge in [-0.2, -0.15) is 0 Å². The number of anilines is 1. The van der Waals surface area contributed by atoms with Crippen molar-refractivity contribution >= 4 is 64.0 Å². The van der Waals surface area contributed by atoms with Crippen molar-refractivity contribution in [2.24, 2.45) is 23.2 Å². The molecular weight excluding hydrogens is 756 g/mol. The van der Waals surface area contributed by atoms with E-state index in [-0.39, 0.29) is 23.2 Å². The number of carbonyl (C=O) groups excluding carboxylic acids is 6. The van der Waals surface area contributed by atoms with Crippen LogP contribution in [0.5, 0.6) is 0 Å². The fourth-order valence-electron chi connectivity index (χ4n) is 7.08. The number of aliphatic carboxylic acids is 2. The molecule has 18 nitrogen and oxygen atoms in total. The molecule has 1 aliphatic heterocycles. The minimum atomic E-state index is -1.64. The number of carboxylic acid groups (broad SMARTS) is 2. The SMILES string of the molecule is CC(=O)N[C@H](C(=O)N[C@@H](CC(=O)O)C(=O)N[C@H](C(=O)N1CC[C@H](CC(C)(C)C)C1C(=O)N[C@@H](CC(=O)O)C(=O)Nc1ccc2c(C)cc(=O)oc2c1)C(C)C)C(C)C. The Morgan fingerprint density at radius 2 is 1.40 bits per heavy atom. The molecule has 1 fully saturated rings. The van der Waals surface area contributed by atoms with Crippen molar-refractivity contribution in [2.75, 3.05) is 11.9 Å². The summed E-state index contributed by atoms with van der Waals surface area (Å²) < 4.78 is 5.25. The van der Waals surface area contributed by atoms with Gasteiger partial charge < -0.3 is 46.1 Å². The third-order valence-corrected chi connectivity index (χ3v) is 9.73. The Labute approximate surface area is 336 Å². The Balaban J connectivity index is 1.92. The number of hydrogen-bond acceptors (Lipinski definition) is 10. The first-order valence-electron chi connectivity index (χ1n) is 19.2. The van der Waals surface area contributed by atoms with Gasteiger partial charge in [-0.05, 0) is 60.6 Å². The highest BCUT2D eigenvalue weighted by Gasteiger charge is 2.46. The van der Waals surface area contributed by atoms with Gasteiger partial charge >= 0.3 is 17.6 Å². The lowest BCUT2D eigenvalue weighted by atomic mass is 9.81. The first kappa shape index (κ1) is 46.6. The summed E-state index contributed by atoms with van der Waals surface area (Å²) in [6, 6.07) is -0.984. The summed E-state index contributed by atoms with van der Waals surface area (Å²) in [5, 5.41) is 32.5. The molecule has 0 aliphatic carbocycles. The maximum atomic E-state index is 14.4. The zero-order valence-electron chi connectivity index (χ0n) is 34.4. The number of carboxylic acids is 2. The number of nitrogens with one attached hydrogen (secondary N) is 5. The zero-order chi connectivity index (χ0) is 43.8. The predicted molar refractivity (Wildman–Crippen MR) is 211 cm³/mol. The van der Waals surface area contributed by atoms with Crippen molar-refractivity contribution in [1.29, 1.82) is 0 Å². The van der Waals surface area contributed by atoms with Gasteiger partial charge in [-0.1, -0.05) is 48.5 Å². The number of fused-ring (bicyclic) bond motifs is 1. The van der Waals surface area contributed by atoms with E-state index in [9.17, 15) is 53.4 Å². The number of nitrogens with zero attached hydrogens (tertiary/aromatic N) is 1. The van der Waals surface area contributed by atoms with E-state index in [1.807, 2.05) is 20.8 Å². The average molecular weight is 813 g/mol. The number of rotatable bonds is 17. The van der Waals surface area contributed by atoms with E-state index in [1.54, 1.807) is 40.7 Å². The molecule has 3 rings (SSSR count). The Hall–Kier alpha value is -5.81. The summed E-state index contributed by atoms with van der Waals surface area (Å²) in [5.74, 6) is -8.97. The van der Waals surface area contributed by atoms with Crippen LogP contribution >= 0.6 is 0 Å². The molecule has 1 unspecified atom stereocenters. The maximum absolute atomic E-state index is 14.4. The molecule has 2 aromatic rings. The summed E-state index contributed by atoms with van der Waals surface area (Å²) in [7, 11) is 0. The van der Waals surface area contributed by atoms with Crippen LogP contribution < -0.4 is 32.2 Å². The monoisotopic (exact) mass is 812 g/mol. The highest BCUT2D eigenvalue weighted by molar-refractivity contribution is 6.02. The van der Waals surface area contributed by atoms with Crippen molar-refractivity contribution in [3.8, 4) is 0 Å². The van der Waals surface area contributed by atoms with Crippen LogP contribution in [0.15, 0.2) is 33.5 Å². The molecule has 1 saturated heterocycles. The van der Waals surface area contributed by atoms with Crippen LogP contribution in [0.2, 0.25) is 0 Å². The second kappa shape index (κ2) is 19.6. The van der Waals surface area contributed by atoms with E-state index in [1.165, 1.54) is 30.0 Å². The molecule has 1 aliphatic rings. The molecule has 6 atom stereocenters. The van der Waals surface area contributed by atoms with Crippen LogP contribution in [0.4, 0.5) is 5.69 Å². The Bertz CT molecular complexity index is 1970. The van der Waals surface area contributed by atoms with Gasteiger partial charge in [-0.15, -0.1) is 0 Å². The van der Waals surface area contributed by atoms with Crippen molar-refractivity contribution in [1.82, 2.24) is 26.2 Å². The van der Waals surface area contributed by atoms with Crippen LogP contribution in [-0.4, -0.2) is 99.2 Å². The van der Waals surface area contributed by atoms with Crippen LogP contribution in [0, 0.1) is 30.1 Å². The summed E-state index contributed by atoms with van der Waals surface area (Å²) in [4.78, 5) is 118. The summed E-state index contributed by atoms with van der Waals surface area (Å²) >= 11 is 0. The molecule has 6 amide bonds. The normalized spacial score (nSPS) is 17.5. The first-order chi connectivity index (χ1) is 26.9. The van der Waals surface area contributed by atoms with Gasteiger partial charge in [-0.3, -0.25) is 38.4 Å². The molecule has 0 bridgehead atoms. The van der Waals surface area contributed by atoms with Crippen molar-refractivity contribution in [3.05, 3.63) is 40.2 Å². The number of benzene rings is 1. The molecule has 2 heterocycles. The summed E-state index contributed by atoms with van der Waals surface area (Å²) in [6.45, 7) is 15.4. The van der Waals surface area contributed by atoms with Crippen molar-refractivity contribution < 1.29 is 53.0 Å². The fraction of sp³-hybridized carbons (Fsp3) is 0.575. The van der Waals surface area contributed by atoms with Crippen molar-refractivity contribution in [3.63, 3.8) is 0 Å². The first-order valence-corrected chi connectivity index (χ1v) is 19.2. The van der Waals surface area contributed by atoms with E-state index in [0.717, 1.165) is 0 Å². The van der Waals surface area contributed by atoms with E-state index < -0.39 is 114 Å². The van der Waals surface area contributed by atoms with Gasteiger partial charge in [-0.25, -0.2) is 4.79 Å². The fourth-order valence-corrected chi connectivity index (χ4v) is 7.08. The number of aryl methyl sites for hydroxylation is 1. The number of amides is 6. The van der Waals surface area contributed by atoms with Crippen LogP contribution in [0.1, 0.15) is 86.6 Å². The highest BCUT2D eigenvalue weighted by Crippen LogP contribution is 2.36. The van der Waals surface area contributed by atoms with E-state index >= 15 is 0 Å². The molecule has 318 valence electrons. The number of carbonyl (C=O) groups is 8. The van der Waals surface area contributed by atoms with Gasteiger partial charge in [0.2, 0.25) is 35.4 Å². The van der Waals surface area contributed by atoms with Crippen LogP contribution in [0.3, 0.4) is 0 Å². The highest BCUT2D eigenvalue weighted by atomic mass is 16.4. The smallest absolute Gasteiger partial charge is 0.336 e. The standard InChI is InChI=1S/C40H56N6O12/c1-19(2)32(41-22(6)47)37(55)43-27(17-30(50)51)36(54)45-33(20(3)4)39(57)46-13-12-23(18-40(7,8)9)34(46)38(56)44-26(16-29(48)49)35(53)42-24-10-11-25-21(5)14-31(52)58-28(25)15-24/h10-11,14-15,19-20,23,26-27,32-34H,12-13,16-18H2,1-9H3,(H,41,47)(H,42,53)(H,43,55)(H,44,56)(H,45,54)(H,48,49)(H,50,51)/t23-,26+,27+,32+,33+,34?/m1/s1. The van der Waals surface area contributed by atoms with E-state index in [2.05, 4.69) is 26.6 Å². The lowest BCUT2D eigenvalue weighted by Gasteiger charge is -2.34. The Morgan fingerprint density at radius 1 is 0.810 bits per heavy atom.